The molecule has 0 atom stereocenters. The fourth-order valence-corrected chi connectivity index (χ4v) is 2.89. The minimum Gasteiger partial charge on any atom is -0.494 e. The van der Waals surface area contributed by atoms with Gasteiger partial charge in [0.1, 0.15) is 5.75 Å². The van der Waals surface area contributed by atoms with Crippen LogP contribution in [0.25, 0.3) is 0 Å². The third-order valence-electron chi connectivity index (χ3n) is 4.65. The molecule has 2 N–H and O–H groups in total. The van der Waals surface area contributed by atoms with E-state index in [4.69, 9.17) is 17.0 Å². The number of amides is 2. The Hall–Kier alpha value is -2.93. The smallest absolute Gasteiger partial charge is 0.257 e. The minimum absolute atomic E-state index is 0.0984. The predicted octanol–water partition coefficient (Wildman–Crippen LogP) is 4.26. The topological polar surface area (TPSA) is 70.7 Å². The Morgan fingerprint density at radius 2 is 1.68 bits per heavy atom. The molecule has 0 saturated carbocycles. The lowest BCUT2D eigenvalue weighted by Crippen LogP contribution is -2.34. The monoisotopic (exact) mass is 441 g/mol. The van der Waals surface area contributed by atoms with Crippen LogP contribution >= 0.6 is 12.2 Å². The predicted molar refractivity (Wildman–Crippen MR) is 129 cm³/mol. The number of benzene rings is 2. The third-order valence-corrected chi connectivity index (χ3v) is 4.85. The molecule has 0 radical (unpaired) electrons. The number of rotatable bonds is 9. The highest BCUT2D eigenvalue weighted by Gasteiger charge is 2.09. The molecule has 2 aromatic carbocycles. The van der Waals surface area contributed by atoms with E-state index in [0.717, 1.165) is 23.4 Å². The van der Waals surface area contributed by atoms with Crippen molar-refractivity contribution in [2.24, 2.45) is 5.92 Å². The zero-order chi connectivity index (χ0) is 22.8. The molecule has 0 aliphatic carbocycles. The molecule has 0 aliphatic rings. The molecule has 166 valence electrons. The zero-order valence-corrected chi connectivity index (χ0v) is 19.4. The van der Waals surface area contributed by atoms with Crippen LogP contribution in [-0.4, -0.2) is 42.5 Å². The first-order valence-corrected chi connectivity index (χ1v) is 10.8. The summed E-state index contributed by atoms with van der Waals surface area (Å²) in [6, 6.07) is 14.6. The van der Waals surface area contributed by atoms with Crippen LogP contribution in [0.5, 0.6) is 5.75 Å². The second-order valence-electron chi connectivity index (χ2n) is 7.95. The van der Waals surface area contributed by atoms with Gasteiger partial charge in [-0.3, -0.25) is 14.9 Å². The summed E-state index contributed by atoms with van der Waals surface area (Å²) in [4.78, 5) is 25.7. The lowest BCUT2D eigenvalue weighted by atomic mass is 10.1. The first-order chi connectivity index (χ1) is 14.7. The summed E-state index contributed by atoms with van der Waals surface area (Å²) < 4.78 is 5.67. The maximum Gasteiger partial charge on any atom is 0.257 e. The number of anilines is 1. The number of thiocarbonyl (C=S) groups is 1. The lowest BCUT2D eigenvalue weighted by molar-refractivity contribution is -0.128. The fraction of sp³-hybridized carbons (Fsp3) is 0.375. The maximum atomic E-state index is 12.4. The molecular formula is C24H31N3O3S. The van der Waals surface area contributed by atoms with E-state index in [1.165, 1.54) is 0 Å². The van der Waals surface area contributed by atoms with Gasteiger partial charge in [0.15, 0.2) is 5.11 Å². The van der Waals surface area contributed by atoms with Gasteiger partial charge in [0.05, 0.1) is 6.61 Å². The maximum absolute atomic E-state index is 12.4. The molecule has 2 aromatic rings. The Balaban J connectivity index is 1.81. The zero-order valence-electron chi connectivity index (χ0n) is 18.6. The number of nitrogens with zero attached hydrogens (tertiary/aromatic N) is 1. The quantitative estimate of drug-likeness (QED) is 0.569. The van der Waals surface area contributed by atoms with Crippen molar-refractivity contribution >= 4 is 34.8 Å². The molecule has 0 bridgehead atoms. The highest BCUT2D eigenvalue weighted by molar-refractivity contribution is 7.80. The Morgan fingerprint density at radius 1 is 1.03 bits per heavy atom. The summed E-state index contributed by atoms with van der Waals surface area (Å²) in [5, 5.41) is 5.90. The molecule has 6 nitrogen and oxygen atoms in total. The average molecular weight is 442 g/mol. The normalized spacial score (nSPS) is 10.5. The van der Waals surface area contributed by atoms with Gasteiger partial charge in [-0.1, -0.05) is 26.0 Å². The molecule has 0 aliphatic heterocycles. The summed E-state index contributed by atoms with van der Waals surface area (Å²) >= 11 is 5.25. The van der Waals surface area contributed by atoms with Gasteiger partial charge in [-0.2, -0.15) is 0 Å². The van der Waals surface area contributed by atoms with Gasteiger partial charge in [0, 0.05) is 31.8 Å². The largest absolute Gasteiger partial charge is 0.494 e. The Labute approximate surface area is 190 Å². The van der Waals surface area contributed by atoms with Gasteiger partial charge >= 0.3 is 0 Å². The second-order valence-corrected chi connectivity index (χ2v) is 8.36. The van der Waals surface area contributed by atoms with Crippen LogP contribution in [0.3, 0.4) is 0 Å². The van der Waals surface area contributed by atoms with Crippen molar-refractivity contribution in [3.8, 4) is 5.75 Å². The van der Waals surface area contributed by atoms with Crippen molar-refractivity contribution in [2.45, 2.75) is 33.1 Å². The van der Waals surface area contributed by atoms with Crippen molar-refractivity contribution in [1.82, 2.24) is 10.2 Å². The number of hydrogen-bond donors (Lipinski definition) is 2. The highest BCUT2D eigenvalue weighted by atomic mass is 32.1. The molecule has 2 rings (SSSR count). The molecule has 2 amide bonds. The van der Waals surface area contributed by atoms with Crippen LogP contribution in [0.15, 0.2) is 48.5 Å². The molecule has 7 heteroatoms. The van der Waals surface area contributed by atoms with Crippen LogP contribution in [0.2, 0.25) is 0 Å². The second kappa shape index (κ2) is 12.1. The molecule has 0 unspecified atom stereocenters. The summed E-state index contributed by atoms with van der Waals surface area (Å²) in [6.07, 6.45) is 2.13. The minimum atomic E-state index is -0.287. The first-order valence-electron chi connectivity index (χ1n) is 10.4. The van der Waals surface area contributed by atoms with Crippen molar-refractivity contribution in [2.75, 3.05) is 26.0 Å². The van der Waals surface area contributed by atoms with Gasteiger partial charge in [-0.05, 0) is 72.9 Å². The SMILES string of the molecule is CC(C)CCOc1ccc(C(=O)NC(=S)Nc2ccc(CCC(=O)N(C)C)cc2)cc1. The number of aryl methyl sites for hydroxylation is 1. The molecule has 0 aromatic heterocycles. The average Bonchev–Trinajstić information content (AvgIpc) is 2.73. The van der Waals surface area contributed by atoms with Gasteiger partial charge < -0.3 is 15.0 Å². The van der Waals surface area contributed by atoms with E-state index in [1.54, 1.807) is 43.3 Å². The summed E-state index contributed by atoms with van der Waals surface area (Å²) in [6.45, 7) is 4.95. The molecule has 31 heavy (non-hydrogen) atoms. The Morgan fingerprint density at radius 3 is 2.26 bits per heavy atom. The highest BCUT2D eigenvalue weighted by Crippen LogP contribution is 2.14. The molecule has 0 saturated heterocycles. The Kier molecular flexibility index (Phi) is 9.46. The van der Waals surface area contributed by atoms with Crippen molar-refractivity contribution in [3.05, 3.63) is 59.7 Å². The van der Waals surface area contributed by atoms with E-state index in [1.807, 2.05) is 24.3 Å². The Bertz CT molecular complexity index is 878. The number of nitrogens with one attached hydrogen (secondary N) is 2. The van der Waals surface area contributed by atoms with Crippen LogP contribution in [0.1, 0.15) is 42.6 Å². The van der Waals surface area contributed by atoms with Crippen molar-refractivity contribution < 1.29 is 14.3 Å². The van der Waals surface area contributed by atoms with E-state index in [-0.39, 0.29) is 16.9 Å². The summed E-state index contributed by atoms with van der Waals surface area (Å²) in [5.41, 5.74) is 2.33. The molecular weight excluding hydrogens is 410 g/mol. The number of carbonyl (C=O) groups excluding carboxylic acids is 2. The molecule has 0 spiro atoms. The molecule has 0 heterocycles. The number of carbonyl (C=O) groups is 2. The van der Waals surface area contributed by atoms with E-state index < -0.39 is 0 Å². The fourth-order valence-electron chi connectivity index (χ4n) is 2.68. The van der Waals surface area contributed by atoms with Gasteiger partial charge in [0.2, 0.25) is 5.91 Å². The lowest BCUT2D eigenvalue weighted by Gasteiger charge is -2.12. The van der Waals surface area contributed by atoms with E-state index in [9.17, 15) is 9.59 Å². The molecule has 0 fully saturated rings. The van der Waals surface area contributed by atoms with Crippen LogP contribution < -0.4 is 15.4 Å². The van der Waals surface area contributed by atoms with Crippen LogP contribution in [0.4, 0.5) is 5.69 Å². The van der Waals surface area contributed by atoms with E-state index in [2.05, 4.69) is 24.5 Å². The first kappa shape index (κ1) is 24.3. The van der Waals surface area contributed by atoms with Crippen molar-refractivity contribution in [3.63, 3.8) is 0 Å². The van der Waals surface area contributed by atoms with Crippen molar-refractivity contribution in [1.29, 1.82) is 0 Å². The summed E-state index contributed by atoms with van der Waals surface area (Å²) in [7, 11) is 3.50. The van der Waals surface area contributed by atoms with Gasteiger partial charge in [-0.15, -0.1) is 0 Å². The standard InChI is InChI=1S/C24H31N3O3S/c1-17(2)15-16-30-21-12-8-19(9-13-21)23(29)26-24(31)25-20-10-5-18(6-11-20)7-14-22(28)27(3)4/h5-6,8-13,17H,7,14-16H2,1-4H3,(H2,25,26,29,31). The van der Waals surface area contributed by atoms with E-state index in [0.29, 0.717) is 30.9 Å². The summed E-state index contributed by atoms with van der Waals surface area (Å²) in [5.74, 6) is 1.14. The number of ether oxygens (including phenoxy) is 1. The number of hydrogen-bond acceptors (Lipinski definition) is 4. The van der Waals surface area contributed by atoms with Crippen LogP contribution in [0, 0.1) is 5.92 Å². The van der Waals surface area contributed by atoms with Gasteiger partial charge in [-0.25, -0.2) is 0 Å². The van der Waals surface area contributed by atoms with Gasteiger partial charge in [0.25, 0.3) is 5.91 Å². The van der Waals surface area contributed by atoms with Crippen LogP contribution in [-0.2, 0) is 11.2 Å². The van der Waals surface area contributed by atoms with E-state index >= 15 is 0 Å². The third kappa shape index (κ3) is 8.76.